The summed E-state index contributed by atoms with van der Waals surface area (Å²) in [4.78, 5) is 200. The number of hydrogen-bond acceptors (Lipinski definition) is 18. The van der Waals surface area contributed by atoms with Gasteiger partial charge in [-0.3, -0.25) is 67.6 Å². The molecule has 0 heterocycles. The number of carbonyl (C=O) groups excluding carboxylic acids is 13. The lowest BCUT2D eigenvalue weighted by molar-refractivity contribution is -0.156. The quantitative estimate of drug-likeness (QED) is 0.0188. The third kappa shape index (κ3) is 32.2. The molecular formula is C72H129N13O19. The van der Waals surface area contributed by atoms with Crippen LogP contribution in [0.4, 0.5) is 4.79 Å². The van der Waals surface area contributed by atoms with Crippen LogP contribution in [0.2, 0.25) is 0 Å². The summed E-state index contributed by atoms with van der Waals surface area (Å²) in [6.45, 7) is 30.2. The maximum Gasteiger partial charge on any atom is 0.409 e. The lowest BCUT2D eigenvalue weighted by Gasteiger charge is -2.42. The fraction of sp³-hybridized carbons (Fsp3) is 0.778. The van der Waals surface area contributed by atoms with E-state index in [2.05, 4.69) is 31.9 Å². The summed E-state index contributed by atoms with van der Waals surface area (Å²) in [6, 6.07) is -12.0. The van der Waals surface area contributed by atoms with Crippen LogP contribution in [0.15, 0.2) is 12.2 Å². The molecule has 0 saturated heterocycles. The van der Waals surface area contributed by atoms with Gasteiger partial charge in [0.2, 0.25) is 70.9 Å². The van der Waals surface area contributed by atoms with Gasteiger partial charge in [-0.05, 0) is 101 Å². The van der Waals surface area contributed by atoms with Crippen molar-refractivity contribution >= 4 is 82.9 Å². The molecule has 0 aromatic carbocycles. The third-order valence-electron chi connectivity index (χ3n) is 17.8. The van der Waals surface area contributed by atoms with E-state index < -0.39 is 180 Å². The van der Waals surface area contributed by atoms with Gasteiger partial charge in [-0.2, -0.15) is 0 Å². The van der Waals surface area contributed by atoms with Crippen molar-refractivity contribution in [3.05, 3.63) is 12.2 Å². The van der Waals surface area contributed by atoms with Gasteiger partial charge >= 0.3 is 12.1 Å². The Labute approximate surface area is 617 Å². The molecule has 0 spiro atoms. The summed E-state index contributed by atoms with van der Waals surface area (Å²) in [5.41, 5.74) is 0. The predicted octanol–water partition coefficient (Wildman–Crippen LogP) is 2.54. The van der Waals surface area contributed by atoms with Crippen molar-refractivity contribution in [2.24, 2.45) is 41.4 Å². The van der Waals surface area contributed by atoms with Crippen molar-refractivity contribution in [1.82, 2.24) is 66.2 Å². The average molecular weight is 1480 g/mol. The monoisotopic (exact) mass is 1480 g/mol. The molecule has 0 bridgehead atoms. The average Bonchev–Trinajstić information content (AvgIpc) is 0.803. The number of amides is 13. The minimum Gasteiger partial charge on any atom is -0.481 e. The second-order valence-corrected chi connectivity index (χ2v) is 29.7. The summed E-state index contributed by atoms with van der Waals surface area (Å²) in [7, 11) is 11.5. The van der Waals surface area contributed by atoms with Crippen molar-refractivity contribution in [2.45, 2.75) is 242 Å². The SMILES string of the molecule is C/C=C/CC(C)C(O)C(CC(=O)NC(C(=O)N(C)C)C(C)OC(=O)NCOCCOCNC(=O)CC(=O)O)N(C)C(=O)C(C(C)C)N(C)C(=O)C(CC(C)C)N(C)C(=O)C(CC(C)C)N(C)C(=O)C(C)NC(=O)C(C)NC(=O)C(CC(C)C)N(C)C(=O)C(NC(=O)C(CC(C)C)N(C)C(C)=O)C(C)C. The van der Waals surface area contributed by atoms with Gasteiger partial charge in [0.25, 0.3) is 0 Å². The van der Waals surface area contributed by atoms with Crippen LogP contribution >= 0.6 is 0 Å². The van der Waals surface area contributed by atoms with E-state index >= 15 is 14.4 Å². The molecule has 13 amide bonds. The van der Waals surface area contributed by atoms with Crippen LogP contribution in [0, 0.1) is 41.4 Å². The van der Waals surface area contributed by atoms with Gasteiger partial charge in [-0.1, -0.05) is 102 Å². The number of allylic oxidation sites excluding steroid dienone is 2. The van der Waals surface area contributed by atoms with E-state index in [0.717, 1.165) is 0 Å². The highest BCUT2D eigenvalue weighted by Gasteiger charge is 2.45. The Kier molecular flexibility index (Phi) is 43.2. The molecule has 13 atom stereocenters. The number of alkyl carbamates (subject to hydrolysis) is 1. The Bertz CT molecular complexity index is 2870. The van der Waals surface area contributed by atoms with E-state index in [0.29, 0.717) is 12.8 Å². The zero-order chi connectivity index (χ0) is 80.7. The summed E-state index contributed by atoms with van der Waals surface area (Å²) >= 11 is 0. The molecule has 32 heteroatoms. The Morgan fingerprint density at radius 2 is 0.894 bits per heavy atom. The maximum absolute atomic E-state index is 15.2. The first-order chi connectivity index (χ1) is 48.1. The fourth-order valence-corrected chi connectivity index (χ4v) is 11.6. The number of nitrogens with one attached hydrogen (secondary N) is 6. The van der Waals surface area contributed by atoms with Crippen molar-refractivity contribution in [2.75, 3.05) is 83.1 Å². The fourth-order valence-electron chi connectivity index (χ4n) is 11.6. The number of aliphatic carboxylic acids is 1. The smallest absolute Gasteiger partial charge is 0.409 e. The third-order valence-corrected chi connectivity index (χ3v) is 17.8. The number of rotatable bonds is 46. The Balaban J connectivity index is 6.93. The lowest BCUT2D eigenvalue weighted by Crippen LogP contribution is -2.61. The van der Waals surface area contributed by atoms with Crippen molar-refractivity contribution < 1.29 is 91.5 Å². The molecule has 596 valence electrons. The summed E-state index contributed by atoms with van der Waals surface area (Å²) < 4.78 is 15.9. The summed E-state index contributed by atoms with van der Waals surface area (Å²) in [6.07, 6.45) is -0.372. The molecule has 0 aromatic rings. The number of carboxylic acid groups (broad SMARTS) is 1. The van der Waals surface area contributed by atoms with Gasteiger partial charge in [-0.15, -0.1) is 0 Å². The molecule has 104 heavy (non-hydrogen) atoms. The molecule has 0 aromatic heterocycles. The van der Waals surface area contributed by atoms with E-state index in [4.69, 9.17) is 19.3 Å². The minimum absolute atomic E-state index is 0.0366. The topological polar surface area (TPSA) is 402 Å². The summed E-state index contributed by atoms with van der Waals surface area (Å²) in [5.74, 6) is -11.1. The largest absolute Gasteiger partial charge is 0.481 e. The predicted molar refractivity (Wildman–Crippen MR) is 391 cm³/mol. The van der Waals surface area contributed by atoms with E-state index in [1.54, 1.807) is 47.6 Å². The van der Waals surface area contributed by atoms with E-state index in [1.807, 2.05) is 61.5 Å². The van der Waals surface area contributed by atoms with Crippen LogP contribution < -0.4 is 31.9 Å². The molecule has 13 unspecified atom stereocenters. The number of ether oxygens (including phenoxy) is 3. The standard InChI is InChI=1S/C72H129N13O19/c1-27-28-29-46(14)62(91)51(36-57(88)77-60(69(98)79(19)20)49(17)104-72(101)74-39-103-31-30-102-38-73-56(87)37-58(89)90)81(22)71(100)61(45(12)13)85(26)68(97)55(35-43(8)9)84(25)67(96)54(34-42(6)7)83(24)66(95)48(16)76-63(92)47(15)75-64(93)53(33-41(4)5)82(23)70(99)59(44(10)11)78-65(94)52(32-40(2)3)80(21)50(18)86/h27-28,40-49,51-55,59-62,91H,29-39H2,1-26H3,(H,73,87)(H,74,101)(H,75,93)(H,76,92)(H,77,88)(H,78,94)(H,89,90)/b28-27+. The van der Waals surface area contributed by atoms with E-state index in [-0.39, 0.29) is 75.5 Å². The van der Waals surface area contributed by atoms with Crippen LogP contribution in [0.1, 0.15) is 170 Å². The van der Waals surface area contributed by atoms with Gasteiger partial charge in [0.1, 0.15) is 80.4 Å². The van der Waals surface area contributed by atoms with Gasteiger partial charge in [-0.25, -0.2) is 4.79 Å². The Morgan fingerprint density at radius 3 is 1.35 bits per heavy atom. The Hall–Kier alpha value is -8.00. The van der Waals surface area contributed by atoms with E-state index in [1.165, 1.54) is 118 Å². The molecule has 0 rings (SSSR count). The molecular weight excluding hydrogens is 1350 g/mol. The highest BCUT2D eigenvalue weighted by molar-refractivity contribution is 5.98. The van der Waals surface area contributed by atoms with E-state index in [9.17, 15) is 57.8 Å². The maximum atomic E-state index is 15.2. The van der Waals surface area contributed by atoms with Gasteiger partial charge in [0.05, 0.1) is 25.4 Å². The van der Waals surface area contributed by atoms with Crippen molar-refractivity contribution in [3.63, 3.8) is 0 Å². The zero-order valence-electron chi connectivity index (χ0n) is 66.9. The molecule has 0 aliphatic heterocycles. The lowest BCUT2D eigenvalue weighted by atomic mass is 9.90. The first kappa shape index (κ1) is 96.0. The molecule has 0 aliphatic rings. The molecule has 0 radical (unpaired) electrons. The number of likely N-dealkylation sites (N-methyl/N-ethyl adjacent to an activating group) is 7. The molecule has 0 aliphatic carbocycles. The number of nitrogens with zero attached hydrogens (tertiary/aromatic N) is 7. The second kappa shape index (κ2) is 46.7. The molecule has 32 nitrogen and oxygen atoms in total. The molecule has 0 saturated carbocycles. The number of hydrogen-bond donors (Lipinski definition) is 8. The first-order valence-electron chi connectivity index (χ1n) is 36.0. The van der Waals surface area contributed by atoms with Gasteiger partial charge < -0.3 is 85.3 Å². The Morgan fingerprint density at radius 1 is 0.452 bits per heavy atom. The highest BCUT2D eigenvalue weighted by atomic mass is 16.6. The van der Waals surface area contributed by atoms with Gasteiger partial charge in [0, 0.05) is 69.7 Å². The van der Waals surface area contributed by atoms with Crippen LogP contribution in [0.5, 0.6) is 0 Å². The normalized spacial score (nSPS) is 15.4. The van der Waals surface area contributed by atoms with Crippen LogP contribution in [0.3, 0.4) is 0 Å². The number of carbonyl (C=O) groups is 14. The highest BCUT2D eigenvalue weighted by Crippen LogP contribution is 2.26. The second-order valence-electron chi connectivity index (χ2n) is 29.7. The molecule has 0 fully saturated rings. The van der Waals surface area contributed by atoms with Gasteiger partial charge in [0.15, 0.2) is 0 Å². The van der Waals surface area contributed by atoms with Crippen LogP contribution in [-0.2, 0) is 76.5 Å². The summed E-state index contributed by atoms with van der Waals surface area (Å²) in [5, 5.41) is 36.2. The van der Waals surface area contributed by atoms with Crippen LogP contribution in [-0.4, -0.2) is 283 Å². The van der Waals surface area contributed by atoms with Crippen LogP contribution in [0.25, 0.3) is 0 Å². The first-order valence-corrected chi connectivity index (χ1v) is 36.0. The number of carboxylic acids is 1. The minimum atomic E-state index is -1.48. The number of aliphatic hydroxyl groups is 1. The number of aliphatic hydroxyl groups excluding tert-OH is 1. The van der Waals surface area contributed by atoms with Crippen molar-refractivity contribution in [1.29, 1.82) is 0 Å². The molecule has 8 N–H and O–H groups in total. The zero-order valence-corrected chi connectivity index (χ0v) is 66.9. The van der Waals surface area contributed by atoms with Crippen molar-refractivity contribution in [3.8, 4) is 0 Å².